The first-order valence-electron chi connectivity index (χ1n) is 8.23. The van der Waals surface area contributed by atoms with Crippen LogP contribution >= 0.6 is 0 Å². The Morgan fingerprint density at radius 3 is 2.43 bits per heavy atom. The maximum atomic E-state index is 12.3. The zero-order valence-corrected chi connectivity index (χ0v) is 14.4. The molecule has 1 aliphatic carbocycles. The Morgan fingerprint density at radius 1 is 1.29 bits per heavy atom. The van der Waals surface area contributed by atoms with Crippen LogP contribution in [-0.4, -0.2) is 74.2 Å². The number of esters is 1. The van der Waals surface area contributed by atoms with Gasteiger partial charge in [-0.05, 0) is 66.8 Å². The van der Waals surface area contributed by atoms with Crippen molar-refractivity contribution in [3.63, 3.8) is 0 Å². The molecule has 1 N–H and O–H groups in total. The zero-order chi connectivity index (χ0) is 15.9. The van der Waals surface area contributed by atoms with Gasteiger partial charge >= 0.3 is 5.97 Å². The second-order valence-corrected chi connectivity index (χ2v) is 6.50. The number of nitrogens with one attached hydrogen (secondary N) is 1. The molecular weight excluding hydrogens is 266 g/mol. The van der Waals surface area contributed by atoms with E-state index in [2.05, 4.69) is 36.1 Å². The monoisotopic (exact) mass is 299 g/mol. The van der Waals surface area contributed by atoms with Gasteiger partial charge in [0, 0.05) is 12.6 Å². The lowest BCUT2D eigenvalue weighted by Gasteiger charge is -2.34. The molecule has 0 aliphatic heterocycles. The average Bonchev–Trinajstić information content (AvgIpc) is 3.21. The summed E-state index contributed by atoms with van der Waals surface area (Å²) in [7, 11) is 4.18. The van der Waals surface area contributed by atoms with Gasteiger partial charge in [-0.3, -0.25) is 10.1 Å². The van der Waals surface area contributed by atoms with Crippen LogP contribution in [0.15, 0.2) is 0 Å². The van der Waals surface area contributed by atoms with Crippen molar-refractivity contribution < 1.29 is 9.53 Å². The van der Waals surface area contributed by atoms with E-state index in [9.17, 15) is 4.79 Å². The van der Waals surface area contributed by atoms with E-state index in [1.165, 1.54) is 12.8 Å². The number of hydrogen-bond donors (Lipinski definition) is 1. The summed E-state index contributed by atoms with van der Waals surface area (Å²) in [5, 5.41) is 3.49. The Hall–Kier alpha value is -0.650. The quantitative estimate of drug-likeness (QED) is 0.583. The Bertz CT molecular complexity index is 319. The Balaban J connectivity index is 2.57. The first-order chi connectivity index (χ1) is 9.91. The Morgan fingerprint density at radius 2 is 1.95 bits per heavy atom. The van der Waals surface area contributed by atoms with Crippen LogP contribution in [0.5, 0.6) is 0 Å². The van der Waals surface area contributed by atoms with Crippen molar-refractivity contribution >= 4 is 5.97 Å². The molecule has 0 aromatic carbocycles. The molecule has 0 saturated heterocycles. The minimum Gasteiger partial charge on any atom is -0.465 e. The highest BCUT2D eigenvalue weighted by Gasteiger charge is 2.40. The second-order valence-electron chi connectivity index (χ2n) is 6.50. The Labute approximate surface area is 130 Å². The molecule has 1 fully saturated rings. The molecule has 0 heterocycles. The van der Waals surface area contributed by atoms with Crippen LogP contribution in [0.1, 0.15) is 40.0 Å². The molecule has 0 aromatic heterocycles. The lowest BCUT2D eigenvalue weighted by atomic mass is 10.0. The van der Waals surface area contributed by atoms with Crippen molar-refractivity contribution in [2.24, 2.45) is 0 Å². The van der Waals surface area contributed by atoms with Gasteiger partial charge in [0.1, 0.15) is 5.54 Å². The van der Waals surface area contributed by atoms with Crippen molar-refractivity contribution in [1.82, 2.24) is 15.1 Å². The lowest BCUT2D eigenvalue weighted by Crippen LogP contribution is -2.58. The summed E-state index contributed by atoms with van der Waals surface area (Å²) in [5.41, 5.74) is -0.592. The summed E-state index contributed by atoms with van der Waals surface area (Å²) in [4.78, 5) is 16.9. The third-order valence-electron chi connectivity index (χ3n) is 3.89. The molecule has 0 radical (unpaired) electrons. The van der Waals surface area contributed by atoms with E-state index < -0.39 is 5.54 Å². The predicted molar refractivity (Wildman–Crippen MR) is 86.5 cm³/mol. The molecule has 0 amide bonds. The summed E-state index contributed by atoms with van der Waals surface area (Å²) < 4.78 is 5.29. The summed E-state index contributed by atoms with van der Waals surface area (Å²) in [6.07, 6.45) is 3.45. The lowest BCUT2D eigenvalue weighted by molar-refractivity contribution is -0.151. The van der Waals surface area contributed by atoms with Crippen molar-refractivity contribution in [3.8, 4) is 0 Å². The SMILES string of the molecule is CCOC(=O)C(C)(CN(CC)CCCN(C)C)NC1CC1. The highest BCUT2D eigenvalue weighted by atomic mass is 16.5. The number of ether oxygens (including phenoxy) is 1. The second kappa shape index (κ2) is 8.71. The van der Waals surface area contributed by atoms with E-state index in [0.29, 0.717) is 19.2 Å². The summed E-state index contributed by atoms with van der Waals surface area (Å²) in [5.74, 6) is -0.122. The van der Waals surface area contributed by atoms with Gasteiger partial charge in [0.05, 0.1) is 6.61 Å². The fourth-order valence-corrected chi connectivity index (χ4v) is 2.54. The smallest absolute Gasteiger partial charge is 0.327 e. The van der Waals surface area contributed by atoms with Crippen LogP contribution in [0.3, 0.4) is 0 Å². The van der Waals surface area contributed by atoms with Crippen LogP contribution in [0, 0.1) is 0 Å². The number of likely N-dealkylation sites (N-methyl/N-ethyl adjacent to an activating group) is 1. The van der Waals surface area contributed by atoms with Gasteiger partial charge in [-0.15, -0.1) is 0 Å². The number of nitrogens with zero attached hydrogens (tertiary/aromatic N) is 2. The zero-order valence-electron chi connectivity index (χ0n) is 14.4. The maximum Gasteiger partial charge on any atom is 0.327 e. The minimum absolute atomic E-state index is 0.122. The van der Waals surface area contributed by atoms with Crippen molar-refractivity contribution in [1.29, 1.82) is 0 Å². The van der Waals surface area contributed by atoms with E-state index >= 15 is 0 Å². The molecule has 5 heteroatoms. The summed E-state index contributed by atoms with van der Waals surface area (Å²) >= 11 is 0. The third-order valence-corrected chi connectivity index (χ3v) is 3.89. The molecule has 21 heavy (non-hydrogen) atoms. The van der Waals surface area contributed by atoms with Gasteiger partial charge in [0.25, 0.3) is 0 Å². The topological polar surface area (TPSA) is 44.8 Å². The third kappa shape index (κ3) is 6.76. The number of hydrogen-bond acceptors (Lipinski definition) is 5. The highest BCUT2D eigenvalue weighted by molar-refractivity contribution is 5.80. The minimum atomic E-state index is -0.592. The standard InChI is InChI=1S/C16H33N3O2/c1-6-19(12-8-11-18(4)5)13-16(3,15(20)21-7-2)17-14-9-10-14/h14,17H,6-13H2,1-5H3. The van der Waals surface area contributed by atoms with E-state index in [-0.39, 0.29) is 5.97 Å². The van der Waals surface area contributed by atoms with Crippen molar-refractivity contribution in [3.05, 3.63) is 0 Å². The van der Waals surface area contributed by atoms with Gasteiger partial charge < -0.3 is 14.5 Å². The van der Waals surface area contributed by atoms with Gasteiger partial charge in [0.2, 0.25) is 0 Å². The number of rotatable bonds is 11. The van der Waals surface area contributed by atoms with Crippen molar-refractivity contribution in [2.45, 2.75) is 51.6 Å². The molecule has 1 atom stereocenters. The molecule has 0 aromatic rings. The first-order valence-corrected chi connectivity index (χ1v) is 8.23. The largest absolute Gasteiger partial charge is 0.465 e. The van der Waals surface area contributed by atoms with E-state index in [0.717, 1.165) is 26.1 Å². The highest BCUT2D eigenvalue weighted by Crippen LogP contribution is 2.24. The van der Waals surface area contributed by atoms with Crippen LogP contribution < -0.4 is 5.32 Å². The fourth-order valence-electron chi connectivity index (χ4n) is 2.54. The average molecular weight is 299 g/mol. The van der Waals surface area contributed by atoms with Crippen LogP contribution in [0.25, 0.3) is 0 Å². The number of carbonyl (C=O) groups excluding carboxylic acids is 1. The molecule has 1 rings (SSSR count). The van der Waals surface area contributed by atoms with E-state index in [1.54, 1.807) is 0 Å². The molecule has 1 aliphatic rings. The predicted octanol–water partition coefficient (Wildman–Crippen LogP) is 1.33. The summed E-state index contributed by atoms with van der Waals surface area (Å²) in [6.45, 7) is 10.2. The van der Waals surface area contributed by atoms with Crippen LogP contribution in [-0.2, 0) is 9.53 Å². The van der Waals surface area contributed by atoms with Gasteiger partial charge in [-0.2, -0.15) is 0 Å². The molecular formula is C16H33N3O2. The normalized spacial score (nSPS) is 18.0. The van der Waals surface area contributed by atoms with Crippen molar-refractivity contribution in [2.75, 3.05) is 46.9 Å². The molecule has 1 saturated carbocycles. The van der Waals surface area contributed by atoms with Crippen LogP contribution in [0.4, 0.5) is 0 Å². The number of carbonyl (C=O) groups is 1. The van der Waals surface area contributed by atoms with Gasteiger partial charge in [-0.25, -0.2) is 0 Å². The Kier molecular flexibility index (Phi) is 7.63. The fraction of sp³-hybridized carbons (Fsp3) is 0.938. The molecule has 0 spiro atoms. The van der Waals surface area contributed by atoms with E-state index in [4.69, 9.17) is 4.74 Å². The molecule has 0 bridgehead atoms. The van der Waals surface area contributed by atoms with Gasteiger partial charge in [-0.1, -0.05) is 6.92 Å². The summed E-state index contributed by atoms with van der Waals surface area (Å²) in [6, 6.07) is 0.486. The first kappa shape index (κ1) is 18.4. The molecule has 1 unspecified atom stereocenters. The van der Waals surface area contributed by atoms with Crippen LogP contribution in [0.2, 0.25) is 0 Å². The van der Waals surface area contributed by atoms with Gasteiger partial charge in [0.15, 0.2) is 0 Å². The van der Waals surface area contributed by atoms with E-state index in [1.807, 2.05) is 13.8 Å². The maximum absolute atomic E-state index is 12.3. The molecule has 124 valence electrons. The molecule has 5 nitrogen and oxygen atoms in total.